The number of amides is 1. The second kappa shape index (κ2) is 7.25. The van der Waals surface area contributed by atoms with Crippen LogP contribution in [-0.2, 0) is 9.53 Å². The number of nitrogens with zero attached hydrogens (tertiary/aromatic N) is 1. The molecular formula is C17H23NO3. The summed E-state index contributed by atoms with van der Waals surface area (Å²) in [4.78, 5) is 26.1. The maximum Gasteiger partial charge on any atom is 0.307 e. The highest BCUT2D eigenvalue weighted by atomic mass is 16.5. The molecule has 21 heavy (non-hydrogen) atoms. The number of esters is 1. The highest BCUT2D eigenvalue weighted by molar-refractivity contribution is 5.96. The minimum Gasteiger partial charge on any atom is -0.469 e. The summed E-state index contributed by atoms with van der Waals surface area (Å²) in [6.45, 7) is 2.38. The Morgan fingerprint density at radius 1 is 1.24 bits per heavy atom. The van der Waals surface area contributed by atoms with Crippen molar-refractivity contribution < 1.29 is 14.3 Å². The number of aryl methyl sites for hydroxylation is 1. The molecule has 0 spiro atoms. The summed E-state index contributed by atoms with van der Waals surface area (Å²) in [5, 5.41) is 0. The molecule has 1 aromatic rings. The van der Waals surface area contributed by atoms with Gasteiger partial charge in [-0.1, -0.05) is 31.0 Å². The monoisotopic (exact) mass is 289 g/mol. The van der Waals surface area contributed by atoms with Gasteiger partial charge < -0.3 is 9.64 Å². The van der Waals surface area contributed by atoms with Crippen molar-refractivity contribution in [2.75, 3.05) is 13.7 Å². The van der Waals surface area contributed by atoms with Gasteiger partial charge in [-0.3, -0.25) is 9.59 Å². The summed E-state index contributed by atoms with van der Waals surface area (Å²) in [5.74, 6) is -0.237. The van der Waals surface area contributed by atoms with Gasteiger partial charge in [0.2, 0.25) is 0 Å². The van der Waals surface area contributed by atoms with E-state index in [1.807, 2.05) is 36.1 Å². The van der Waals surface area contributed by atoms with Crippen molar-refractivity contribution in [3.8, 4) is 0 Å². The zero-order chi connectivity index (χ0) is 15.2. The van der Waals surface area contributed by atoms with Gasteiger partial charge in [-0.15, -0.1) is 0 Å². The summed E-state index contributed by atoms with van der Waals surface area (Å²) in [6.07, 6.45) is 4.61. The average Bonchev–Trinajstić information content (AvgIpc) is 3.01. The van der Waals surface area contributed by atoms with E-state index < -0.39 is 0 Å². The SMILES string of the molecule is COC(=O)CCN(C(=O)c1ccccc1C)C1CCCC1. The lowest BCUT2D eigenvalue weighted by Gasteiger charge is -2.29. The van der Waals surface area contributed by atoms with Gasteiger partial charge in [0.1, 0.15) is 0 Å². The van der Waals surface area contributed by atoms with Crippen LogP contribution in [0.2, 0.25) is 0 Å². The zero-order valence-corrected chi connectivity index (χ0v) is 12.8. The van der Waals surface area contributed by atoms with Crippen LogP contribution in [0.3, 0.4) is 0 Å². The molecule has 0 bridgehead atoms. The van der Waals surface area contributed by atoms with E-state index in [0.717, 1.165) is 36.8 Å². The van der Waals surface area contributed by atoms with Gasteiger partial charge in [0.15, 0.2) is 0 Å². The molecule has 0 aliphatic heterocycles. The molecule has 4 nitrogen and oxygen atoms in total. The zero-order valence-electron chi connectivity index (χ0n) is 12.8. The van der Waals surface area contributed by atoms with Crippen LogP contribution in [0.4, 0.5) is 0 Å². The van der Waals surface area contributed by atoms with E-state index in [1.165, 1.54) is 7.11 Å². The number of rotatable bonds is 5. The number of hydrogen-bond acceptors (Lipinski definition) is 3. The third-order valence-corrected chi connectivity index (χ3v) is 4.19. The molecule has 1 aliphatic rings. The van der Waals surface area contributed by atoms with Gasteiger partial charge >= 0.3 is 5.97 Å². The van der Waals surface area contributed by atoms with Crippen molar-refractivity contribution >= 4 is 11.9 Å². The van der Waals surface area contributed by atoms with Crippen LogP contribution in [0.25, 0.3) is 0 Å². The maximum atomic E-state index is 12.8. The smallest absolute Gasteiger partial charge is 0.307 e. The Labute approximate surface area is 126 Å². The van der Waals surface area contributed by atoms with Crippen LogP contribution in [0, 0.1) is 6.92 Å². The summed E-state index contributed by atoms with van der Waals surface area (Å²) < 4.78 is 4.70. The molecule has 0 N–H and O–H groups in total. The lowest BCUT2D eigenvalue weighted by atomic mass is 10.1. The molecule has 1 aromatic carbocycles. The molecule has 0 unspecified atom stereocenters. The van der Waals surface area contributed by atoms with E-state index in [-0.39, 0.29) is 24.3 Å². The van der Waals surface area contributed by atoms with Gasteiger partial charge in [0, 0.05) is 18.2 Å². The maximum absolute atomic E-state index is 12.8. The highest BCUT2D eigenvalue weighted by Gasteiger charge is 2.28. The number of benzene rings is 1. The third kappa shape index (κ3) is 3.84. The minimum atomic E-state index is -0.268. The first-order chi connectivity index (χ1) is 10.1. The largest absolute Gasteiger partial charge is 0.469 e. The molecule has 114 valence electrons. The van der Waals surface area contributed by atoms with Gasteiger partial charge in [-0.25, -0.2) is 0 Å². The van der Waals surface area contributed by atoms with E-state index >= 15 is 0 Å². The summed E-state index contributed by atoms with van der Waals surface area (Å²) >= 11 is 0. The standard InChI is InChI=1S/C17H23NO3/c1-13-7-3-6-10-15(13)17(20)18(12-11-16(19)21-2)14-8-4-5-9-14/h3,6-7,10,14H,4-5,8-9,11-12H2,1-2H3. The second-order valence-corrected chi connectivity index (χ2v) is 5.58. The molecule has 1 aliphatic carbocycles. The summed E-state index contributed by atoms with van der Waals surface area (Å²) in [7, 11) is 1.38. The molecule has 1 fully saturated rings. The Hall–Kier alpha value is -1.84. The summed E-state index contributed by atoms with van der Waals surface area (Å²) in [5.41, 5.74) is 1.71. The molecule has 1 amide bonds. The molecule has 0 heterocycles. The van der Waals surface area contributed by atoms with Crippen molar-refractivity contribution in [3.05, 3.63) is 35.4 Å². The molecule has 0 atom stereocenters. The Morgan fingerprint density at radius 3 is 2.52 bits per heavy atom. The molecule has 0 aromatic heterocycles. The molecular weight excluding hydrogens is 266 g/mol. The third-order valence-electron chi connectivity index (χ3n) is 4.19. The van der Waals surface area contributed by atoms with Gasteiger partial charge in [0.25, 0.3) is 5.91 Å². The van der Waals surface area contributed by atoms with Crippen LogP contribution in [0.15, 0.2) is 24.3 Å². The Kier molecular flexibility index (Phi) is 5.37. The van der Waals surface area contributed by atoms with Crippen LogP contribution < -0.4 is 0 Å². The minimum absolute atomic E-state index is 0.0314. The van der Waals surface area contributed by atoms with Crippen molar-refractivity contribution in [1.82, 2.24) is 4.90 Å². The first-order valence-corrected chi connectivity index (χ1v) is 7.57. The average molecular weight is 289 g/mol. The van der Waals surface area contributed by atoms with Gasteiger partial charge in [0.05, 0.1) is 13.5 Å². The van der Waals surface area contributed by atoms with Crippen LogP contribution in [0.5, 0.6) is 0 Å². The first-order valence-electron chi connectivity index (χ1n) is 7.57. The highest BCUT2D eigenvalue weighted by Crippen LogP contribution is 2.25. The van der Waals surface area contributed by atoms with Crippen molar-refractivity contribution in [3.63, 3.8) is 0 Å². The fourth-order valence-electron chi connectivity index (χ4n) is 2.95. The van der Waals surface area contributed by atoms with E-state index in [0.29, 0.717) is 6.54 Å². The number of ether oxygens (including phenoxy) is 1. The van der Waals surface area contributed by atoms with E-state index in [9.17, 15) is 9.59 Å². The van der Waals surface area contributed by atoms with Crippen molar-refractivity contribution in [1.29, 1.82) is 0 Å². The topological polar surface area (TPSA) is 46.6 Å². The molecule has 0 radical (unpaired) electrons. The van der Waals surface area contributed by atoms with E-state index in [4.69, 9.17) is 4.74 Å². The van der Waals surface area contributed by atoms with Crippen LogP contribution in [0.1, 0.15) is 48.0 Å². The summed E-state index contributed by atoms with van der Waals surface area (Å²) in [6, 6.07) is 7.87. The number of methoxy groups -OCH3 is 1. The lowest BCUT2D eigenvalue weighted by Crippen LogP contribution is -2.40. The Bertz CT molecular complexity index is 507. The van der Waals surface area contributed by atoms with Crippen LogP contribution >= 0.6 is 0 Å². The number of carbonyl (C=O) groups is 2. The molecule has 2 rings (SSSR count). The fourth-order valence-corrected chi connectivity index (χ4v) is 2.95. The Balaban J connectivity index is 2.15. The van der Waals surface area contributed by atoms with Crippen LogP contribution in [-0.4, -0.2) is 36.5 Å². The molecule has 0 saturated heterocycles. The Morgan fingerprint density at radius 2 is 1.90 bits per heavy atom. The van der Waals surface area contributed by atoms with Gasteiger partial charge in [-0.05, 0) is 31.4 Å². The quantitative estimate of drug-likeness (QED) is 0.783. The van der Waals surface area contributed by atoms with Crippen molar-refractivity contribution in [2.24, 2.45) is 0 Å². The predicted molar refractivity (Wildman–Crippen MR) is 81.1 cm³/mol. The van der Waals surface area contributed by atoms with Gasteiger partial charge in [-0.2, -0.15) is 0 Å². The number of carbonyl (C=O) groups excluding carboxylic acids is 2. The normalized spacial score (nSPS) is 15.0. The number of hydrogen-bond donors (Lipinski definition) is 0. The van der Waals surface area contributed by atoms with E-state index in [1.54, 1.807) is 0 Å². The second-order valence-electron chi connectivity index (χ2n) is 5.58. The van der Waals surface area contributed by atoms with Crippen molar-refractivity contribution in [2.45, 2.75) is 45.1 Å². The molecule has 1 saturated carbocycles. The predicted octanol–water partition coefficient (Wildman–Crippen LogP) is 2.94. The first kappa shape index (κ1) is 15.5. The lowest BCUT2D eigenvalue weighted by molar-refractivity contribution is -0.140. The molecule has 4 heteroatoms. The van der Waals surface area contributed by atoms with E-state index in [2.05, 4.69) is 0 Å². The fraction of sp³-hybridized carbons (Fsp3) is 0.529.